The first-order valence-electron chi connectivity index (χ1n) is 12.0. The average molecular weight is 532 g/mol. The van der Waals surface area contributed by atoms with Gasteiger partial charge in [0.05, 0.1) is 23.0 Å². The average Bonchev–Trinajstić information content (AvgIpc) is 3.56. The lowest BCUT2D eigenvalue weighted by Gasteiger charge is -2.46. The number of aromatic nitrogens is 4. The van der Waals surface area contributed by atoms with E-state index in [9.17, 15) is 31.9 Å². The molecule has 200 valence electrons. The number of carbonyl (C=O) groups is 3. The van der Waals surface area contributed by atoms with E-state index in [4.69, 9.17) is 0 Å². The van der Waals surface area contributed by atoms with Gasteiger partial charge in [-0.25, -0.2) is 17.6 Å². The molecule has 1 atom stereocenters. The molecule has 1 aliphatic carbocycles. The first-order valence-corrected chi connectivity index (χ1v) is 12.0. The highest BCUT2D eigenvalue weighted by atomic mass is 19.3. The van der Waals surface area contributed by atoms with Crippen LogP contribution in [0.4, 0.5) is 23.2 Å². The first-order chi connectivity index (χ1) is 17.9. The van der Waals surface area contributed by atoms with Crippen molar-refractivity contribution in [2.75, 3.05) is 5.32 Å². The number of Topliss-reactive ketones (excluding diaryl/α,β-unsaturated/α-hetero) is 1. The number of ketones is 1. The lowest BCUT2D eigenvalue weighted by atomic mass is 9.71. The molecule has 2 aliphatic rings. The molecule has 3 N–H and O–H groups in total. The Morgan fingerprint density at radius 1 is 1.21 bits per heavy atom. The van der Waals surface area contributed by atoms with Gasteiger partial charge in [-0.15, -0.1) is 0 Å². The maximum Gasteiger partial charge on any atom is 0.294 e. The zero-order valence-corrected chi connectivity index (χ0v) is 20.5. The van der Waals surface area contributed by atoms with Crippen LogP contribution in [0.3, 0.4) is 0 Å². The van der Waals surface area contributed by atoms with Gasteiger partial charge in [-0.2, -0.15) is 15.4 Å². The molecular formula is C25H24F4N6O3. The molecule has 0 radical (unpaired) electrons. The number of fused-ring (bicyclic) bond motifs is 1. The quantitative estimate of drug-likeness (QED) is 0.242. The van der Waals surface area contributed by atoms with Crippen LogP contribution in [-0.4, -0.2) is 43.5 Å². The van der Waals surface area contributed by atoms with Crippen LogP contribution < -0.4 is 10.6 Å². The molecule has 0 saturated heterocycles. The molecule has 9 nitrogen and oxygen atoms in total. The van der Waals surface area contributed by atoms with E-state index < -0.39 is 53.9 Å². The van der Waals surface area contributed by atoms with Gasteiger partial charge in [0.25, 0.3) is 23.5 Å². The van der Waals surface area contributed by atoms with Gasteiger partial charge in [-0.3, -0.25) is 14.4 Å². The molecule has 0 bridgehead atoms. The molecule has 1 aliphatic heterocycles. The van der Waals surface area contributed by atoms with Crippen LogP contribution in [0.2, 0.25) is 0 Å². The first kappa shape index (κ1) is 25.6. The largest absolute Gasteiger partial charge is 0.341 e. The van der Waals surface area contributed by atoms with Crippen molar-refractivity contribution in [3.63, 3.8) is 0 Å². The fraction of sp³-hybridized carbons (Fsp3) is 0.400. The molecule has 1 aromatic carbocycles. The van der Waals surface area contributed by atoms with Gasteiger partial charge in [-0.1, -0.05) is 0 Å². The SMILES string of the molecule is Cc1c(C(=O)Nc2ccc(F)c(C(C)F)c2)c2n(c1C(=O)C(=O)NC1(c3cn[nH]n3)CC(F)(F)C1)CCC2. The van der Waals surface area contributed by atoms with Gasteiger partial charge in [0.2, 0.25) is 0 Å². The van der Waals surface area contributed by atoms with Crippen LogP contribution in [0.5, 0.6) is 0 Å². The van der Waals surface area contributed by atoms with Gasteiger partial charge in [0.1, 0.15) is 17.7 Å². The number of amides is 2. The number of rotatable bonds is 7. The Morgan fingerprint density at radius 2 is 1.95 bits per heavy atom. The van der Waals surface area contributed by atoms with E-state index in [1.54, 1.807) is 4.57 Å². The van der Waals surface area contributed by atoms with Gasteiger partial charge in [0, 0.05) is 36.3 Å². The number of H-pyrrole nitrogens is 1. The second-order valence-electron chi connectivity index (χ2n) is 9.79. The smallest absolute Gasteiger partial charge is 0.294 e. The highest BCUT2D eigenvalue weighted by Gasteiger charge is 2.60. The van der Waals surface area contributed by atoms with E-state index in [0.717, 1.165) is 6.07 Å². The molecule has 5 rings (SSSR count). The summed E-state index contributed by atoms with van der Waals surface area (Å²) in [5, 5.41) is 14.8. The van der Waals surface area contributed by atoms with Crippen LogP contribution in [0.1, 0.15) is 75.7 Å². The molecule has 0 spiro atoms. The number of nitrogens with one attached hydrogen (secondary N) is 3. The number of carbonyl (C=O) groups excluding carboxylic acids is 3. The molecule has 3 aromatic rings. The Balaban J connectivity index is 1.43. The molecule has 2 aromatic heterocycles. The van der Waals surface area contributed by atoms with Crippen molar-refractivity contribution in [3.05, 3.63) is 64.0 Å². The van der Waals surface area contributed by atoms with Crippen LogP contribution >= 0.6 is 0 Å². The highest BCUT2D eigenvalue weighted by Crippen LogP contribution is 2.51. The number of nitrogens with zero attached hydrogens (tertiary/aromatic N) is 3. The summed E-state index contributed by atoms with van der Waals surface area (Å²) in [6.45, 7) is 3.07. The Labute approximate surface area is 214 Å². The number of aromatic amines is 1. The molecule has 2 amide bonds. The monoisotopic (exact) mass is 532 g/mol. The van der Waals surface area contributed by atoms with Crippen LogP contribution in [-0.2, 0) is 23.3 Å². The fourth-order valence-electron chi connectivity index (χ4n) is 5.41. The third kappa shape index (κ3) is 4.25. The Bertz CT molecular complexity index is 1440. The summed E-state index contributed by atoms with van der Waals surface area (Å²) < 4.78 is 56.9. The third-order valence-electron chi connectivity index (χ3n) is 7.12. The summed E-state index contributed by atoms with van der Waals surface area (Å²) in [5.74, 6) is -6.46. The van der Waals surface area contributed by atoms with Gasteiger partial charge in [-0.05, 0) is 50.5 Å². The lowest BCUT2D eigenvalue weighted by Crippen LogP contribution is -2.61. The van der Waals surface area contributed by atoms with E-state index in [1.807, 2.05) is 0 Å². The zero-order chi connectivity index (χ0) is 27.4. The summed E-state index contributed by atoms with van der Waals surface area (Å²) >= 11 is 0. The van der Waals surface area contributed by atoms with Crippen molar-refractivity contribution in [2.45, 2.75) is 63.7 Å². The van der Waals surface area contributed by atoms with Crippen molar-refractivity contribution < 1.29 is 31.9 Å². The molecule has 1 saturated carbocycles. The number of halogens is 4. The van der Waals surface area contributed by atoms with E-state index in [1.165, 1.54) is 32.2 Å². The second kappa shape index (κ2) is 9.07. The maximum atomic E-state index is 13.9. The summed E-state index contributed by atoms with van der Waals surface area (Å²) in [5.41, 5.74) is -0.560. The highest BCUT2D eigenvalue weighted by molar-refractivity contribution is 6.43. The molecular weight excluding hydrogens is 508 g/mol. The van der Waals surface area contributed by atoms with Crippen molar-refractivity contribution in [1.29, 1.82) is 0 Å². The van der Waals surface area contributed by atoms with Gasteiger partial charge < -0.3 is 15.2 Å². The standard InChI is InChI=1S/C25H24F4N6O3/c1-12-19(22(37)31-14-5-6-16(27)15(8-14)13(2)26)17-4-3-7-35(17)20(12)21(36)23(38)32-24(10-25(28,29)11-24)18-9-30-34-33-18/h5-6,8-9,13H,3-4,7,10-11H2,1-2H3,(H,31,37)(H,32,38)(H,30,33,34). The van der Waals surface area contributed by atoms with Crippen molar-refractivity contribution >= 4 is 23.3 Å². The van der Waals surface area contributed by atoms with E-state index >= 15 is 0 Å². The second-order valence-corrected chi connectivity index (χ2v) is 9.79. The van der Waals surface area contributed by atoms with Crippen LogP contribution in [0, 0.1) is 12.7 Å². The topological polar surface area (TPSA) is 122 Å². The molecule has 13 heteroatoms. The number of alkyl halides is 3. The fourth-order valence-corrected chi connectivity index (χ4v) is 5.41. The number of hydrogen-bond donors (Lipinski definition) is 3. The summed E-state index contributed by atoms with van der Waals surface area (Å²) in [7, 11) is 0. The zero-order valence-electron chi connectivity index (χ0n) is 20.5. The van der Waals surface area contributed by atoms with Gasteiger partial charge >= 0.3 is 0 Å². The Morgan fingerprint density at radius 3 is 2.58 bits per heavy atom. The number of hydrogen-bond acceptors (Lipinski definition) is 5. The van der Waals surface area contributed by atoms with Crippen molar-refractivity contribution in [2.24, 2.45) is 0 Å². The molecule has 3 heterocycles. The lowest BCUT2D eigenvalue weighted by molar-refractivity contribution is -0.148. The Hall–Kier alpha value is -4.03. The molecule has 1 fully saturated rings. The number of benzene rings is 1. The van der Waals surface area contributed by atoms with Crippen molar-refractivity contribution in [1.82, 2.24) is 25.3 Å². The summed E-state index contributed by atoms with van der Waals surface area (Å²) in [6.07, 6.45) is -0.765. The number of anilines is 1. The predicted octanol–water partition coefficient (Wildman–Crippen LogP) is 3.91. The molecule has 38 heavy (non-hydrogen) atoms. The predicted molar refractivity (Wildman–Crippen MR) is 126 cm³/mol. The normalized spacial score (nSPS) is 17.8. The maximum absolute atomic E-state index is 13.9. The van der Waals surface area contributed by atoms with Gasteiger partial charge in [0.15, 0.2) is 0 Å². The van der Waals surface area contributed by atoms with E-state index in [2.05, 4.69) is 26.0 Å². The van der Waals surface area contributed by atoms with E-state index in [0.29, 0.717) is 25.1 Å². The van der Waals surface area contributed by atoms with Crippen LogP contribution in [0.15, 0.2) is 24.4 Å². The van der Waals surface area contributed by atoms with E-state index in [-0.39, 0.29) is 33.8 Å². The minimum absolute atomic E-state index is 0.0151. The molecule has 1 unspecified atom stereocenters. The van der Waals surface area contributed by atoms with Crippen molar-refractivity contribution in [3.8, 4) is 0 Å². The minimum atomic E-state index is -3.03. The van der Waals surface area contributed by atoms with Crippen LogP contribution in [0.25, 0.3) is 0 Å². The summed E-state index contributed by atoms with van der Waals surface area (Å²) in [6, 6.07) is 3.54. The minimum Gasteiger partial charge on any atom is -0.341 e. The summed E-state index contributed by atoms with van der Waals surface area (Å²) in [4.78, 5) is 39.7. The third-order valence-corrected chi connectivity index (χ3v) is 7.12. The Kier molecular flexibility index (Phi) is 6.11.